The van der Waals surface area contributed by atoms with Crippen LogP contribution in [0.3, 0.4) is 0 Å². The largest absolute Gasteiger partial charge is 0.490 e. The highest BCUT2D eigenvalue weighted by atomic mass is 32.2. The molecule has 0 radical (unpaired) electrons. The minimum atomic E-state index is -0.426. The van der Waals surface area contributed by atoms with E-state index in [0.717, 1.165) is 21.8 Å². The van der Waals surface area contributed by atoms with Crippen LogP contribution in [-0.2, 0) is 12.8 Å². The lowest BCUT2D eigenvalue weighted by Crippen LogP contribution is -1.96. The molecule has 128 valence electrons. The van der Waals surface area contributed by atoms with Gasteiger partial charge in [-0.25, -0.2) is 0 Å². The summed E-state index contributed by atoms with van der Waals surface area (Å²) in [4.78, 5) is 11.8. The van der Waals surface area contributed by atoms with Gasteiger partial charge in [0.2, 0.25) is 0 Å². The number of ether oxygens (including phenoxy) is 1. The number of hydrogen-bond acceptors (Lipinski definition) is 5. The van der Waals surface area contributed by atoms with E-state index in [1.807, 2.05) is 31.4 Å². The van der Waals surface area contributed by atoms with Crippen molar-refractivity contribution >= 4 is 17.4 Å². The first-order valence-electron chi connectivity index (χ1n) is 7.60. The Labute approximate surface area is 149 Å². The van der Waals surface area contributed by atoms with Crippen LogP contribution in [0.5, 0.6) is 5.75 Å². The van der Waals surface area contributed by atoms with Crippen molar-refractivity contribution in [2.45, 2.75) is 10.6 Å². The average molecular weight is 355 g/mol. The molecule has 3 aromatic rings. The highest BCUT2D eigenvalue weighted by molar-refractivity contribution is 7.98. The number of nitro groups is 1. The quantitative estimate of drug-likeness (QED) is 0.375. The van der Waals surface area contributed by atoms with Crippen LogP contribution < -0.4 is 4.74 Å². The minimum Gasteiger partial charge on any atom is -0.490 e. The van der Waals surface area contributed by atoms with E-state index in [1.54, 1.807) is 34.8 Å². The van der Waals surface area contributed by atoms with Gasteiger partial charge >= 0.3 is 5.69 Å². The second-order valence-electron chi connectivity index (χ2n) is 5.45. The summed E-state index contributed by atoms with van der Waals surface area (Å²) < 4.78 is 6.90. The first kappa shape index (κ1) is 17.0. The van der Waals surface area contributed by atoms with Crippen molar-refractivity contribution in [1.29, 1.82) is 0 Å². The van der Waals surface area contributed by atoms with Crippen molar-refractivity contribution in [2.24, 2.45) is 7.05 Å². The SMILES string of the molecule is COc1cc(SCc2ccccc2)c(-c2cnn(C)c2)cc1[N+](=O)[O-]. The predicted molar refractivity (Wildman–Crippen MR) is 97.9 cm³/mol. The first-order valence-corrected chi connectivity index (χ1v) is 8.59. The maximum absolute atomic E-state index is 11.4. The van der Waals surface area contributed by atoms with Crippen LogP contribution in [0, 0.1) is 10.1 Å². The highest BCUT2D eigenvalue weighted by Crippen LogP contribution is 2.41. The predicted octanol–water partition coefficient (Wildman–Crippen LogP) is 4.30. The van der Waals surface area contributed by atoms with Gasteiger partial charge in [0.15, 0.2) is 5.75 Å². The molecule has 0 spiro atoms. The molecule has 0 saturated heterocycles. The molecular weight excluding hydrogens is 338 g/mol. The van der Waals surface area contributed by atoms with Crippen LogP contribution in [-0.4, -0.2) is 21.8 Å². The van der Waals surface area contributed by atoms with E-state index in [-0.39, 0.29) is 11.4 Å². The number of benzene rings is 2. The Kier molecular flexibility index (Phi) is 5.04. The Balaban J connectivity index is 2.03. The Morgan fingerprint density at radius 1 is 1.28 bits per heavy atom. The topological polar surface area (TPSA) is 70.2 Å². The molecule has 7 heteroatoms. The monoisotopic (exact) mass is 355 g/mol. The molecular formula is C18H17N3O3S. The highest BCUT2D eigenvalue weighted by Gasteiger charge is 2.20. The average Bonchev–Trinajstić information content (AvgIpc) is 3.06. The van der Waals surface area contributed by atoms with Crippen LogP contribution in [0.15, 0.2) is 59.8 Å². The standard InChI is InChI=1S/C18H17N3O3S/c1-20-11-14(10-19-20)15-8-16(21(22)23)17(24-2)9-18(15)25-12-13-6-4-3-5-7-13/h3-11H,12H2,1-2H3. The molecule has 0 fully saturated rings. The molecule has 1 heterocycles. The second kappa shape index (κ2) is 7.40. The normalized spacial score (nSPS) is 10.6. The number of thioether (sulfide) groups is 1. The molecule has 0 amide bonds. The van der Waals surface area contributed by atoms with Crippen molar-refractivity contribution in [3.8, 4) is 16.9 Å². The molecule has 0 atom stereocenters. The number of hydrogen-bond donors (Lipinski definition) is 0. The molecule has 0 unspecified atom stereocenters. The molecule has 0 aliphatic heterocycles. The molecule has 25 heavy (non-hydrogen) atoms. The summed E-state index contributed by atoms with van der Waals surface area (Å²) in [6.45, 7) is 0. The van der Waals surface area contributed by atoms with Crippen LogP contribution in [0.1, 0.15) is 5.56 Å². The van der Waals surface area contributed by atoms with E-state index in [4.69, 9.17) is 4.74 Å². The van der Waals surface area contributed by atoms with Crippen molar-refractivity contribution in [2.75, 3.05) is 7.11 Å². The summed E-state index contributed by atoms with van der Waals surface area (Å²) in [5.41, 5.74) is 2.75. The summed E-state index contributed by atoms with van der Waals surface area (Å²) in [7, 11) is 3.26. The fourth-order valence-corrected chi connectivity index (χ4v) is 3.53. The number of nitrogens with zero attached hydrogens (tertiary/aromatic N) is 3. The van der Waals surface area contributed by atoms with E-state index in [1.165, 1.54) is 12.7 Å². The molecule has 6 nitrogen and oxygen atoms in total. The van der Waals surface area contributed by atoms with Crippen LogP contribution in [0.25, 0.3) is 11.1 Å². The minimum absolute atomic E-state index is 0.0505. The van der Waals surface area contributed by atoms with Gasteiger partial charge in [0.25, 0.3) is 0 Å². The lowest BCUT2D eigenvalue weighted by molar-refractivity contribution is -0.385. The molecule has 0 aliphatic carbocycles. The zero-order chi connectivity index (χ0) is 17.8. The van der Waals surface area contributed by atoms with E-state index in [9.17, 15) is 10.1 Å². The van der Waals surface area contributed by atoms with Crippen LogP contribution >= 0.6 is 11.8 Å². The smallest absolute Gasteiger partial charge is 0.311 e. The molecule has 1 aromatic heterocycles. The first-order chi connectivity index (χ1) is 12.1. The Bertz CT molecular complexity index is 894. The third kappa shape index (κ3) is 3.83. The zero-order valence-electron chi connectivity index (χ0n) is 13.9. The molecule has 0 N–H and O–H groups in total. The fourth-order valence-electron chi connectivity index (χ4n) is 2.50. The van der Waals surface area contributed by atoms with Gasteiger partial charge in [-0.15, -0.1) is 11.8 Å². The number of aromatic nitrogens is 2. The van der Waals surface area contributed by atoms with Crippen molar-refractivity contribution in [3.05, 3.63) is 70.5 Å². The maximum Gasteiger partial charge on any atom is 0.311 e. The summed E-state index contributed by atoms with van der Waals surface area (Å²) in [5.74, 6) is 1.02. The third-order valence-electron chi connectivity index (χ3n) is 3.73. The maximum atomic E-state index is 11.4. The molecule has 3 rings (SSSR count). The van der Waals surface area contributed by atoms with E-state index in [0.29, 0.717) is 0 Å². The number of methoxy groups -OCH3 is 1. The van der Waals surface area contributed by atoms with Crippen molar-refractivity contribution < 1.29 is 9.66 Å². The van der Waals surface area contributed by atoms with Gasteiger partial charge in [-0.1, -0.05) is 30.3 Å². The zero-order valence-corrected chi connectivity index (χ0v) is 14.7. The van der Waals surface area contributed by atoms with E-state index >= 15 is 0 Å². The summed E-state index contributed by atoms with van der Waals surface area (Å²) in [6, 6.07) is 13.4. The van der Waals surface area contributed by atoms with Gasteiger partial charge in [-0.05, 0) is 5.56 Å². The molecule has 0 aliphatic rings. The lowest BCUT2D eigenvalue weighted by atomic mass is 10.1. The fraction of sp³-hybridized carbons (Fsp3) is 0.167. The second-order valence-corrected chi connectivity index (χ2v) is 6.47. The van der Waals surface area contributed by atoms with Gasteiger partial charge < -0.3 is 4.74 Å². The van der Waals surface area contributed by atoms with Gasteiger partial charge in [0, 0.05) is 47.2 Å². The Morgan fingerprint density at radius 2 is 2.04 bits per heavy atom. The number of rotatable bonds is 6. The van der Waals surface area contributed by atoms with Crippen molar-refractivity contribution in [3.63, 3.8) is 0 Å². The van der Waals surface area contributed by atoms with Crippen LogP contribution in [0.4, 0.5) is 5.69 Å². The number of nitro benzene ring substituents is 1. The van der Waals surface area contributed by atoms with Gasteiger partial charge in [-0.2, -0.15) is 5.10 Å². The van der Waals surface area contributed by atoms with Gasteiger partial charge in [0.05, 0.1) is 18.2 Å². The van der Waals surface area contributed by atoms with E-state index < -0.39 is 4.92 Å². The van der Waals surface area contributed by atoms with Crippen LogP contribution in [0.2, 0.25) is 0 Å². The van der Waals surface area contributed by atoms with Gasteiger partial charge in [0.1, 0.15) is 0 Å². The number of aryl methyl sites for hydroxylation is 1. The lowest BCUT2D eigenvalue weighted by Gasteiger charge is -2.11. The van der Waals surface area contributed by atoms with Gasteiger partial charge in [-0.3, -0.25) is 14.8 Å². The summed E-state index contributed by atoms with van der Waals surface area (Å²) in [5, 5.41) is 15.5. The third-order valence-corrected chi connectivity index (χ3v) is 4.86. The summed E-state index contributed by atoms with van der Waals surface area (Å²) in [6.07, 6.45) is 3.55. The van der Waals surface area contributed by atoms with Crippen molar-refractivity contribution in [1.82, 2.24) is 9.78 Å². The van der Waals surface area contributed by atoms with E-state index in [2.05, 4.69) is 17.2 Å². The summed E-state index contributed by atoms with van der Waals surface area (Å²) >= 11 is 1.61. The molecule has 0 saturated carbocycles. The molecule has 2 aromatic carbocycles. The Morgan fingerprint density at radius 3 is 2.64 bits per heavy atom. The molecule has 0 bridgehead atoms. The Hall–Kier alpha value is -2.80.